The number of halogens is 1. The van der Waals surface area contributed by atoms with Gasteiger partial charge in [-0.1, -0.05) is 30.3 Å². The van der Waals surface area contributed by atoms with E-state index in [0.717, 1.165) is 35.7 Å². The van der Waals surface area contributed by atoms with E-state index in [9.17, 15) is 0 Å². The van der Waals surface area contributed by atoms with E-state index in [0.29, 0.717) is 0 Å². The van der Waals surface area contributed by atoms with E-state index in [1.807, 2.05) is 18.3 Å². The van der Waals surface area contributed by atoms with Gasteiger partial charge in [0, 0.05) is 30.3 Å². The molecule has 22 heavy (non-hydrogen) atoms. The molecule has 1 aliphatic rings. The zero-order valence-corrected chi connectivity index (χ0v) is 14.3. The lowest BCUT2D eigenvalue weighted by atomic mass is 10.1. The number of anilines is 1. The summed E-state index contributed by atoms with van der Waals surface area (Å²) in [5.41, 5.74) is 1.43. The number of hydrogen-bond acceptors (Lipinski definition) is 3. The summed E-state index contributed by atoms with van der Waals surface area (Å²) in [4.78, 5) is 6.94. The van der Waals surface area contributed by atoms with Crippen LogP contribution >= 0.6 is 15.9 Å². The van der Waals surface area contributed by atoms with Crippen molar-refractivity contribution in [2.24, 2.45) is 5.92 Å². The van der Waals surface area contributed by atoms with E-state index in [1.54, 1.807) is 0 Å². The summed E-state index contributed by atoms with van der Waals surface area (Å²) < 4.78 is 1.02. The van der Waals surface area contributed by atoms with Gasteiger partial charge in [0.05, 0.1) is 0 Å². The summed E-state index contributed by atoms with van der Waals surface area (Å²) in [6.07, 6.45) is 4.26. The summed E-state index contributed by atoms with van der Waals surface area (Å²) in [5.74, 6) is 1.69. The van der Waals surface area contributed by atoms with Crippen molar-refractivity contribution in [3.8, 4) is 0 Å². The molecule has 1 aromatic heterocycles. The quantitative estimate of drug-likeness (QED) is 0.849. The molecule has 0 bridgehead atoms. The van der Waals surface area contributed by atoms with Crippen molar-refractivity contribution in [3.05, 3.63) is 58.7 Å². The Bertz CT molecular complexity index is 571. The molecule has 0 amide bonds. The van der Waals surface area contributed by atoms with E-state index >= 15 is 0 Å². The maximum absolute atomic E-state index is 4.36. The van der Waals surface area contributed by atoms with Crippen LogP contribution in [0, 0.1) is 5.92 Å². The monoisotopic (exact) mass is 359 g/mol. The number of rotatable bonds is 6. The van der Waals surface area contributed by atoms with Gasteiger partial charge in [0.25, 0.3) is 0 Å². The molecule has 1 aromatic carbocycles. The Morgan fingerprint density at radius 3 is 2.82 bits per heavy atom. The van der Waals surface area contributed by atoms with Crippen LogP contribution in [0.5, 0.6) is 0 Å². The first-order valence-corrected chi connectivity index (χ1v) is 8.70. The van der Waals surface area contributed by atoms with Crippen molar-refractivity contribution in [1.29, 1.82) is 0 Å². The highest BCUT2D eigenvalue weighted by atomic mass is 79.9. The molecule has 0 radical (unpaired) electrons. The molecule has 1 atom stereocenters. The fraction of sp³-hybridized carbons (Fsp3) is 0.389. The Morgan fingerprint density at radius 2 is 2.05 bits per heavy atom. The zero-order valence-electron chi connectivity index (χ0n) is 12.7. The Kier molecular flexibility index (Phi) is 5.46. The number of aromatic nitrogens is 1. The molecule has 4 heteroatoms. The van der Waals surface area contributed by atoms with Gasteiger partial charge in [0.1, 0.15) is 5.82 Å². The molecule has 3 nitrogen and oxygen atoms in total. The second kappa shape index (κ2) is 7.75. The van der Waals surface area contributed by atoms with Gasteiger partial charge >= 0.3 is 0 Å². The normalized spacial score (nSPS) is 18.5. The molecule has 0 spiro atoms. The first-order chi connectivity index (χ1) is 10.8. The van der Waals surface area contributed by atoms with Gasteiger partial charge in [-0.25, -0.2) is 4.98 Å². The second-order valence-corrected chi connectivity index (χ2v) is 6.85. The van der Waals surface area contributed by atoms with Crippen molar-refractivity contribution < 1.29 is 0 Å². The van der Waals surface area contributed by atoms with Gasteiger partial charge in [0.2, 0.25) is 0 Å². The first-order valence-electron chi connectivity index (χ1n) is 7.91. The summed E-state index contributed by atoms with van der Waals surface area (Å²) in [7, 11) is 0. The number of nitrogens with zero attached hydrogens (tertiary/aromatic N) is 2. The highest BCUT2D eigenvalue weighted by Crippen LogP contribution is 2.18. The van der Waals surface area contributed by atoms with Crippen LogP contribution in [0.15, 0.2) is 53.1 Å². The van der Waals surface area contributed by atoms with Crippen LogP contribution in [0.25, 0.3) is 0 Å². The fourth-order valence-corrected chi connectivity index (χ4v) is 3.18. The van der Waals surface area contributed by atoms with Crippen LogP contribution < -0.4 is 5.32 Å². The Hall–Kier alpha value is -1.39. The van der Waals surface area contributed by atoms with Crippen LogP contribution in [0.2, 0.25) is 0 Å². The molecule has 2 heterocycles. The molecule has 0 saturated carbocycles. The molecule has 0 aliphatic carbocycles. The average Bonchev–Trinajstić information content (AvgIpc) is 3.01. The molecule has 1 saturated heterocycles. The minimum absolute atomic E-state index is 0.723. The SMILES string of the molecule is Brc1ccc(NCC2CCN(CCc3ccccc3)C2)nc1. The first kappa shape index (κ1) is 15.5. The lowest BCUT2D eigenvalue weighted by Crippen LogP contribution is -2.25. The molecule has 1 aliphatic heterocycles. The van der Waals surface area contributed by atoms with Crippen LogP contribution in [0.3, 0.4) is 0 Å². The highest BCUT2D eigenvalue weighted by molar-refractivity contribution is 9.10. The van der Waals surface area contributed by atoms with E-state index in [-0.39, 0.29) is 0 Å². The minimum Gasteiger partial charge on any atom is -0.370 e. The Labute approximate surface area is 140 Å². The van der Waals surface area contributed by atoms with Crippen molar-refractivity contribution in [2.75, 3.05) is 31.5 Å². The molecular weight excluding hydrogens is 338 g/mol. The maximum Gasteiger partial charge on any atom is 0.125 e. The minimum atomic E-state index is 0.723. The average molecular weight is 360 g/mol. The van der Waals surface area contributed by atoms with Gasteiger partial charge in [-0.15, -0.1) is 0 Å². The van der Waals surface area contributed by atoms with Crippen molar-refractivity contribution >= 4 is 21.7 Å². The van der Waals surface area contributed by atoms with Crippen molar-refractivity contribution in [3.63, 3.8) is 0 Å². The largest absolute Gasteiger partial charge is 0.370 e. The predicted octanol–water partition coefficient (Wildman–Crippen LogP) is 3.82. The molecule has 2 aromatic rings. The molecule has 116 valence electrons. The zero-order chi connectivity index (χ0) is 15.2. The smallest absolute Gasteiger partial charge is 0.125 e. The number of nitrogens with one attached hydrogen (secondary N) is 1. The van der Waals surface area contributed by atoms with E-state index in [4.69, 9.17) is 0 Å². The van der Waals surface area contributed by atoms with Gasteiger partial charge in [-0.05, 0) is 58.9 Å². The standard InChI is InChI=1S/C18H22BrN3/c19-17-6-7-18(21-13-17)20-12-16-9-11-22(14-16)10-8-15-4-2-1-3-5-15/h1-7,13,16H,8-12,14H2,(H,20,21). The van der Waals surface area contributed by atoms with Crippen molar-refractivity contribution in [1.82, 2.24) is 9.88 Å². The van der Waals surface area contributed by atoms with Gasteiger partial charge in [-0.2, -0.15) is 0 Å². The summed E-state index contributed by atoms with van der Waals surface area (Å²) >= 11 is 3.41. The van der Waals surface area contributed by atoms with E-state index in [1.165, 1.54) is 25.1 Å². The van der Waals surface area contributed by atoms with Crippen LogP contribution in [-0.2, 0) is 6.42 Å². The lowest BCUT2D eigenvalue weighted by molar-refractivity contribution is 0.330. The number of pyridine rings is 1. The fourth-order valence-electron chi connectivity index (χ4n) is 2.94. The number of likely N-dealkylation sites (tertiary alicyclic amines) is 1. The number of benzene rings is 1. The molecule has 1 fully saturated rings. The van der Waals surface area contributed by atoms with Crippen LogP contribution in [0.1, 0.15) is 12.0 Å². The molecular formula is C18H22BrN3. The topological polar surface area (TPSA) is 28.2 Å². The molecule has 3 rings (SSSR count). The summed E-state index contributed by atoms with van der Waals surface area (Å²) in [6, 6.07) is 14.8. The van der Waals surface area contributed by atoms with Gasteiger partial charge < -0.3 is 10.2 Å². The molecule has 1 unspecified atom stereocenters. The summed E-state index contributed by atoms with van der Waals surface area (Å²) in [5, 5.41) is 3.45. The summed E-state index contributed by atoms with van der Waals surface area (Å²) in [6.45, 7) is 4.58. The third-order valence-corrected chi connectivity index (χ3v) is 4.70. The van der Waals surface area contributed by atoms with Crippen LogP contribution in [0.4, 0.5) is 5.82 Å². The Morgan fingerprint density at radius 1 is 1.18 bits per heavy atom. The number of hydrogen-bond donors (Lipinski definition) is 1. The van der Waals surface area contributed by atoms with E-state index < -0.39 is 0 Å². The van der Waals surface area contributed by atoms with E-state index in [2.05, 4.69) is 61.5 Å². The predicted molar refractivity (Wildman–Crippen MR) is 95.1 cm³/mol. The second-order valence-electron chi connectivity index (χ2n) is 5.93. The lowest BCUT2D eigenvalue weighted by Gasteiger charge is -2.16. The third-order valence-electron chi connectivity index (χ3n) is 4.23. The third kappa shape index (κ3) is 4.55. The maximum atomic E-state index is 4.36. The van der Waals surface area contributed by atoms with Gasteiger partial charge in [0.15, 0.2) is 0 Å². The molecule has 1 N–H and O–H groups in total. The van der Waals surface area contributed by atoms with Gasteiger partial charge in [-0.3, -0.25) is 0 Å². The van der Waals surface area contributed by atoms with Crippen LogP contribution in [-0.4, -0.2) is 36.1 Å². The van der Waals surface area contributed by atoms with Crippen molar-refractivity contribution in [2.45, 2.75) is 12.8 Å². The highest BCUT2D eigenvalue weighted by Gasteiger charge is 2.21. The Balaban J connectivity index is 1.39.